The zero-order valence-electron chi connectivity index (χ0n) is 9.86. The normalized spacial score (nSPS) is 10.2. The van der Waals surface area contributed by atoms with E-state index in [1.165, 1.54) is 0 Å². The summed E-state index contributed by atoms with van der Waals surface area (Å²) in [7, 11) is 3.31. The quantitative estimate of drug-likeness (QED) is 0.716. The van der Waals surface area contributed by atoms with Gasteiger partial charge in [0.1, 0.15) is 11.5 Å². The molecule has 16 heavy (non-hydrogen) atoms. The molecule has 0 aromatic heterocycles. The molecule has 0 unspecified atom stereocenters. The number of hydrogen-bond donors (Lipinski definition) is 1. The minimum Gasteiger partial charge on any atom is -0.497 e. The Hall–Kier alpha value is -1.26. The molecule has 0 aliphatic carbocycles. The second-order valence-electron chi connectivity index (χ2n) is 3.37. The Kier molecular flexibility index (Phi) is 5.67. The maximum absolute atomic E-state index is 5.64. The predicted molar refractivity (Wildman–Crippen MR) is 62.9 cm³/mol. The minimum absolute atomic E-state index is 0.441. The zero-order valence-corrected chi connectivity index (χ0v) is 9.86. The number of ether oxygens (including phenoxy) is 3. The van der Waals surface area contributed by atoms with E-state index in [9.17, 15) is 0 Å². The molecule has 1 aromatic carbocycles. The van der Waals surface area contributed by atoms with Crippen LogP contribution in [0.15, 0.2) is 18.2 Å². The summed E-state index contributed by atoms with van der Waals surface area (Å²) in [6.07, 6.45) is 0.868. The van der Waals surface area contributed by atoms with Crippen LogP contribution in [0.3, 0.4) is 0 Å². The molecule has 1 aromatic rings. The lowest BCUT2D eigenvalue weighted by molar-refractivity contribution is 0.172. The van der Waals surface area contributed by atoms with Crippen molar-refractivity contribution in [2.75, 3.05) is 27.4 Å². The molecule has 0 atom stereocenters. The molecular weight excluding hydrogens is 206 g/mol. The first-order valence-electron chi connectivity index (χ1n) is 5.30. The fourth-order valence-corrected chi connectivity index (χ4v) is 1.37. The molecule has 1 rings (SSSR count). The molecule has 0 radical (unpaired) electrons. The van der Waals surface area contributed by atoms with Gasteiger partial charge in [0.15, 0.2) is 0 Å². The van der Waals surface area contributed by atoms with Gasteiger partial charge in [0.05, 0.1) is 13.7 Å². The van der Waals surface area contributed by atoms with Crippen molar-refractivity contribution in [1.82, 2.24) is 0 Å². The lowest BCUT2D eigenvalue weighted by atomic mass is 10.2. The van der Waals surface area contributed by atoms with Gasteiger partial charge >= 0.3 is 0 Å². The lowest BCUT2D eigenvalue weighted by Crippen LogP contribution is -2.05. The van der Waals surface area contributed by atoms with Crippen molar-refractivity contribution < 1.29 is 14.2 Å². The molecule has 0 aliphatic rings. The van der Waals surface area contributed by atoms with Crippen LogP contribution in [0.2, 0.25) is 0 Å². The minimum atomic E-state index is 0.441. The Morgan fingerprint density at radius 1 is 1.19 bits per heavy atom. The van der Waals surface area contributed by atoms with Crippen LogP contribution in [0.4, 0.5) is 0 Å². The topological polar surface area (TPSA) is 53.7 Å². The number of benzene rings is 1. The summed E-state index contributed by atoms with van der Waals surface area (Å²) in [5, 5.41) is 0. The van der Waals surface area contributed by atoms with Crippen molar-refractivity contribution in [2.24, 2.45) is 5.73 Å². The maximum Gasteiger partial charge on any atom is 0.124 e. The molecule has 0 saturated heterocycles. The molecule has 0 bridgehead atoms. The molecule has 2 N–H and O–H groups in total. The first-order valence-corrected chi connectivity index (χ1v) is 5.30. The molecule has 0 aliphatic heterocycles. The van der Waals surface area contributed by atoms with E-state index in [0.717, 1.165) is 23.5 Å². The number of rotatable bonds is 7. The Labute approximate surface area is 96.3 Å². The first kappa shape index (κ1) is 12.8. The summed E-state index contributed by atoms with van der Waals surface area (Å²) < 4.78 is 15.7. The molecular formula is C12H19NO3. The van der Waals surface area contributed by atoms with Crippen LogP contribution >= 0.6 is 0 Å². The SMILES string of the molecule is COCCCOc1ccc(OC)cc1CN. The van der Waals surface area contributed by atoms with Crippen molar-refractivity contribution in [3.05, 3.63) is 23.8 Å². The second kappa shape index (κ2) is 7.09. The molecule has 4 nitrogen and oxygen atoms in total. The van der Waals surface area contributed by atoms with Crippen LogP contribution in [0.5, 0.6) is 11.5 Å². The fraction of sp³-hybridized carbons (Fsp3) is 0.500. The molecule has 4 heteroatoms. The van der Waals surface area contributed by atoms with Crippen LogP contribution in [-0.2, 0) is 11.3 Å². The van der Waals surface area contributed by atoms with E-state index in [1.54, 1.807) is 14.2 Å². The van der Waals surface area contributed by atoms with Gasteiger partial charge in [0.2, 0.25) is 0 Å². The number of methoxy groups -OCH3 is 2. The molecule has 0 heterocycles. The highest BCUT2D eigenvalue weighted by molar-refractivity contribution is 5.40. The van der Waals surface area contributed by atoms with E-state index in [2.05, 4.69) is 0 Å². The average molecular weight is 225 g/mol. The summed E-state index contributed by atoms with van der Waals surface area (Å²) in [5.41, 5.74) is 6.60. The van der Waals surface area contributed by atoms with Crippen molar-refractivity contribution in [3.8, 4) is 11.5 Å². The van der Waals surface area contributed by atoms with Gasteiger partial charge in [-0.3, -0.25) is 0 Å². The summed E-state index contributed by atoms with van der Waals surface area (Å²) in [6.45, 7) is 1.78. The van der Waals surface area contributed by atoms with Gasteiger partial charge in [0, 0.05) is 32.2 Å². The smallest absolute Gasteiger partial charge is 0.124 e. The van der Waals surface area contributed by atoms with Crippen molar-refractivity contribution in [3.63, 3.8) is 0 Å². The zero-order chi connectivity index (χ0) is 11.8. The van der Waals surface area contributed by atoms with E-state index in [4.69, 9.17) is 19.9 Å². The maximum atomic E-state index is 5.64. The fourth-order valence-electron chi connectivity index (χ4n) is 1.37. The van der Waals surface area contributed by atoms with E-state index in [1.807, 2.05) is 18.2 Å². The van der Waals surface area contributed by atoms with Crippen molar-refractivity contribution >= 4 is 0 Å². The molecule has 0 spiro atoms. The third kappa shape index (κ3) is 3.72. The number of nitrogens with two attached hydrogens (primary N) is 1. The summed E-state index contributed by atoms with van der Waals surface area (Å²) in [5.74, 6) is 1.61. The monoisotopic (exact) mass is 225 g/mol. The van der Waals surface area contributed by atoms with Gasteiger partial charge in [-0.2, -0.15) is 0 Å². The highest BCUT2D eigenvalue weighted by atomic mass is 16.5. The van der Waals surface area contributed by atoms with Crippen molar-refractivity contribution in [2.45, 2.75) is 13.0 Å². The van der Waals surface area contributed by atoms with Crippen LogP contribution in [0, 0.1) is 0 Å². The van der Waals surface area contributed by atoms with Crippen LogP contribution in [0.25, 0.3) is 0 Å². The molecule has 0 saturated carbocycles. The lowest BCUT2D eigenvalue weighted by Gasteiger charge is -2.11. The highest BCUT2D eigenvalue weighted by Gasteiger charge is 2.03. The van der Waals surface area contributed by atoms with E-state index in [0.29, 0.717) is 19.8 Å². The summed E-state index contributed by atoms with van der Waals surface area (Å²) in [4.78, 5) is 0. The predicted octanol–water partition coefficient (Wildman–Crippen LogP) is 1.57. The molecule has 90 valence electrons. The van der Waals surface area contributed by atoms with Gasteiger partial charge in [-0.1, -0.05) is 0 Å². The third-order valence-electron chi connectivity index (χ3n) is 2.24. The average Bonchev–Trinajstić information content (AvgIpc) is 2.34. The first-order chi connectivity index (χ1) is 7.81. The Balaban J connectivity index is 2.57. The Bertz CT molecular complexity index is 315. The highest BCUT2D eigenvalue weighted by Crippen LogP contribution is 2.23. The summed E-state index contributed by atoms with van der Waals surface area (Å²) >= 11 is 0. The van der Waals surface area contributed by atoms with E-state index < -0.39 is 0 Å². The number of hydrogen-bond acceptors (Lipinski definition) is 4. The molecule has 0 fully saturated rings. The van der Waals surface area contributed by atoms with Gasteiger partial charge in [-0.05, 0) is 18.2 Å². The van der Waals surface area contributed by atoms with Gasteiger partial charge in [0.25, 0.3) is 0 Å². The third-order valence-corrected chi connectivity index (χ3v) is 2.24. The largest absolute Gasteiger partial charge is 0.497 e. The standard InChI is InChI=1S/C12H19NO3/c1-14-6-3-7-16-12-5-4-11(15-2)8-10(12)9-13/h4-5,8H,3,6-7,9,13H2,1-2H3. The van der Waals surface area contributed by atoms with Crippen molar-refractivity contribution in [1.29, 1.82) is 0 Å². The Morgan fingerprint density at radius 2 is 2.00 bits per heavy atom. The van der Waals surface area contributed by atoms with Crippen LogP contribution in [0.1, 0.15) is 12.0 Å². The Morgan fingerprint density at radius 3 is 2.62 bits per heavy atom. The van der Waals surface area contributed by atoms with Gasteiger partial charge in [-0.25, -0.2) is 0 Å². The van der Waals surface area contributed by atoms with E-state index in [-0.39, 0.29) is 0 Å². The second-order valence-corrected chi connectivity index (χ2v) is 3.37. The molecule has 0 amide bonds. The van der Waals surface area contributed by atoms with Gasteiger partial charge in [-0.15, -0.1) is 0 Å². The summed E-state index contributed by atoms with van der Waals surface area (Å²) in [6, 6.07) is 5.64. The van der Waals surface area contributed by atoms with E-state index >= 15 is 0 Å². The van der Waals surface area contributed by atoms with Crippen LogP contribution in [-0.4, -0.2) is 27.4 Å². The van der Waals surface area contributed by atoms with Crippen LogP contribution < -0.4 is 15.2 Å². The van der Waals surface area contributed by atoms with Gasteiger partial charge < -0.3 is 19.9 Å².